The molecular formula is C12H7Br2FOS. The van der Waals surface area contributed by atoms with Crippen LogP contribution in [0.1, 0.15) is 20.1 Å². The Morgan fingerprint density at radius 1 is 1.24 bits per heavy atom. The minimum Gasteiger partial charge on any atom is -0.288 e. The van der Waals surface area contributed by atoms with Crippen molar-refractivity contribution in [3.63, 3.8) is 0 Å². The van der Waals surface area contributed by atoms with Crippen LogP contribution in [0.4, 0.5) is 4.39 Å². The quantitative estimate of drug-likeness (QED) is 0.676. The number of rotatable bonds is 2. The number of aryl methyl sites for hydroxylation is 1. The maximum absolute atomic E-state index is 12.9. The second-order valence-corrected chi connectivity index (χ2v) is 6.43. The summed E-state index contributed by atoms with van der Waals surface area (Å²) in [5, 5.41) is 0. The van der Waals surface area contributed by atoms with E-state index in [0.29, 0.717) is 14.9 Å². The zero-order valence-corrected chi connectivity index (χ0v) is 12.7. The van der Waals surface area contributed by atoms with Gasteiger partial charge in [-0.1, -0.05) is 0 Å². The molecule has 0 N–H and O–H groups in total. The Kier molecular flexibility index (Phi) is 3.80. The lowest BCUT2D eigenvalue weighted by atomic mass is 10.1. The molecule has 1 aromatic heterocycles. The predicted molar refractivity (Wildman–Crippen MR) is 74.3 cm³/mol. The summed E-state index contributed by atoms with van der Waals surface area (Å²) in [5.41, 5.74) is 0.472. The molecule has 2 rings (SSSR count). The molecule has 0 unspecified atom stereocenters. The van der Waals surface area contributed by atoms with Gasteiger partial charge in [-0.15, -0.1) is 11.3 Å². The third-order valence-electron chi connectivity index (χ3n) is 2.26. The molecule has 2 aromatic rings. The molecule has 1 heterocycles. The van der Waals surface area contributed by atoms with Gasteiger partial charge in [0, 0.05) is 19.4 Å². The molecule has 0 radical (unpaired) electrons. The Balaban J connectivity index is 2.43. The van der Waals surface area contributed by atoms with Gasteiger partial charge in [0.05, 0.1) is 4.88 Å². The first-order valence-corrected chi connectivity index (χ1v) is 7.15. The van der Waals surface area contributed by atoms with Gasteiger partial charge in [0.15, 0.2) is 0 Å². The van der Waals surface area contributed by atoms with E-state index in [-0.39, 0.29) is 11.6 Å². The van der Waals surface area contributed by atoms with Gasteiger partial charge in [-0.3, -0.25) is 4.79 Å². The standard InChI is InChI=1S/C12H7Br2FOS/c1-6-9(13)5-11(17-6)12(16)8-3-2-7(15)4-10(8)14/h2-5H,1H3. The zero-order valence-electron chi connectivity index (χ0n) is 8.76. The maximum atomic E-state index is 12.9. The van der Waals surface area contributed by atoms with Gasteiger partial charge in [0.2, 0.25) is 5.78 Å². The van der Waals surface area contributed by atoms with Gasteiger partial charge in [-0.25, -0.2) is 4.39 Å². The lowest BCUT2D eigenvalue weighted by Gasteiger charge is -2.01. The van der Waals surface area contributed by atoms with Crippen molar-refractivity contribution in [3.05, 3.63) is 54.3 Å². The summed E-state index contributed by atoms with van der Waals surface area (Å²) < 4.78 is 14.3. The van der Waals surface area contributed by atoms with Crippen molar-refractivity contribution in [3.8, 4) is 0 Å². The number of thiophene rings is 1. The molecular weight excluding hydrogens is 371 g/mol. The normalized spacial score (nSPS) is 10.6. The fourth-order valence-electron chi connectivity index (χ4n) is 1.38. The topological polar surface area (TPSA) is 17.1 Å². The molecule has 0 amide bonds. The van der Waals surface area contributed by atoms with Crippen LogP contribution in [0.3, 0.4) is 0 Å². The molecule has 88 valence electrons. The molecule has 1 nitrogen and oxygen atoms in total. The summed E-state index contributed by atoms with van der Waals surface area (Å²) >= 11 is 8.00. The largest absolute Gasteiger partial charge is 0.288 e. The Bertz CT molecular complexity index is 573. The highest BCUT2D eigenvalue weighted by molar-refractivity contribution is 9.10. The van der Waals surface area contributed by atoms with Crippen LogP contribution in [0.5, 0.6) is 0 Å². The Hall–Kier alpha value is -0.520. The number of ketones is 1. The van der Waals surface area contributed by atoms with Crippen LogP contribution >= 0.6 is 43.2 Å². The SMILES string of the molecule is Cc1sc(C(=O)c2ccc(F)cc2Br)cc1Br. The fourth-order valence-corrected chi connectivity index (χ4v) is 3.40. The molecule has 0 atom stereocenters. The van der Waals surface area contributed by atoms with E-state index in [1.165, 1.54) is 29.5 Å². The summed E-state index contributed by atoms with van der Waals surface area (Å²) in [5.74, 6) is -0.465. The Morgan fingerprint density at radius 2 is 1.94 bits per heavy atom. The fraction of sp³-hybridized carbons (Fsp3) is 0.0833. The molecule has 17 heavy (non-hydrogen) atoms. The number of hydrogen-bond acceptors (Lipinski definition) is 2. The van der Waals surface area contributed by atoms with Gasteiger partial charge >= 0.3 is 0 Å². The van der Waals surface area contributed by atoms with Crippen molar-refractivity contribution >= 4 is 49.0 Å². The molecule has 0 saturated carbocycles. The molecule has 0 spiro atoms. The number of carbonyl (C=O) groups excluding carboxylic acids is 1. The Labute approximate surface area is 119 Å². The van der Waals surface area contributed by atoms with Gasteiger partial charge in [-0.05, 0) is 63.0 Å². The van der Waals surface area contributed by atoms with Crippen molar-refractivity contribution in [2.45, 2.75) is 6.92 Å². The minimum atomic E-state index is -0.364. The van der Waals surface area contributed by atoms with Gasteiger partial charge < -0.3 is 0 Å². The monoisotopic (exact) mass is 376 g/mol. The highest BCUT2D eigenvalue weighted by atomic mass is 79.9. The average molecular weight is 378 g/mol. The molecule has 0 aliphatic heterocycles. The second-order valence-electron chi connectivity index (χ2n) is 3.47. The van der Waals surface area contributed by atoms with E-state index >= 15 is 0 Å². The van der Waals surface area contributed by atoms with Gasteiger partial charge in [-0.2, -0.15) is 0 Å². The summed E-state index contributed by atoms with van der Waals surface area (Å²) in [6.45, 7) is 1.94. The second kappa shape index (κ2) is 5.00. The van der Waals surface area contributed by atoms with Crippen LogP contribution in [-0.4, -0.2) is 5.78 Å². The first-order valence-electron chi connectivity index (χ1n) is 4.74. The summed E-state index contributed by atoms with van der Waals surface area (Å²) in [7, 11) is 0. The average Bonchev–Trinajstić information content (AvgIpc) is 2.58. The number of halogens is 3. The van der Waals surface area contributed by atoms with Crippen molar-refractivity contribution in [1.82, 2.24) is 0 Å². The predicted octanol–water partition coefficient (Wildman–Crippen LogP) is 4.95. The van der Waals surface area contributed by atoms with Crippen LogP contribution < -0.4 is 0 Å². The smallest absolute Gasteiger partial charge is 0.204 e. The van der Waals surface area contributed by atoms with Crippen LogP contribution in [0.25, 0.3) is 0 Å². The number of hydrogen-bond donors (Lipinski definition) is 0. The van der Waals surface area contributed by atoms with Crippen molar-refractivity contribution in [2.24, 2.45) is 0 Å². The van der Waals surface area contributed by atoms with E-state index in [2.05, 4.69) is 31.9 Å². The van der Waals surface area contributed by atoms with E-state index in [4.69, 9.17) is 0 Å². The van der Waals surface area contributed by atoms with E-state index in [9.17, 15) is 9.18 Å². The van der Waals surface area contributed by atoms with Crippen LogP contribution in [0, 0.1) is 12.7 Å². The highest BCUT2D eigenvalue weighted by Gasteiger charge is 2.16. The lowest BCUT2D eigenvalue weighted by Crippen LogP contribution is -2.00. The summed E-state index contributed by atoms with van der Waals surface area (Å²) in [4.78, 5) is 13.9. The maximum Gasteiger partial charge on any atom is 0.204 e. The van der Waals surface area contributed by atoms with Crippen LogP contribution in [0.2, 0.25) is 0 Å². The lowest BCUT2D eigenvalue weighted by molar-refractivity contribution is 0.104. The van der Waals surface area contributed by atoms with E-state index in [0.717, 1.165) is 9.35 Å². The third kappa shape index (κ3) is 2.67. The zero-order chi connectivity index (χ0) is 12.6. The summed E-state index contributed by atoms with van der Waals surface area (Å²) in [6, 6.07) is 5.86. The molecule has 1 aromatic carbocycles. The molecule has 0 fully saturated rings. The van der Waals surface area contributed by atoms with E-state index < -0.39 is 0 Å². The first kappa shape index (κ1) is 12.9. The van der Waals surface area contributed by atoms with Crippen LogP contribution in [0.15, 0.2) is 33.2 Å². The van der Waals surface area contributed by atoms with Gasteiger partial charge in [0.1, 0.15) is 5.82 Å². The van der Waals surface area contributed by atoms with E-state index in [1.54, 1.807) is 6.07 Å². The number of benzene rings is 1. The summed E-state index contributed by atoms with van der Waals surface area (Å²) in [6.07, 6.45) is 0. The molecule has 5 heteroatoms. The van der Waals surface area contributed by atoms with E-state index in [1.807, 2.05) is 6.92 Å². The van der Waals surface area contributed by atoms with Gasteiger partial charge in [0.25, 0.3) is 0 Å². The first-order chi connectivity index (χ1) is 7.99. The van der Waals surface area contributed by atoms with Crippen molar-refractivity contribution in [2.75, 3.05) is 0 Å². The molecule has 0 aliphatic rings. The highest BCUT2D eigenvalue weighted by Crippen LogP contribution is 2.30. The molecule has 0 saturated heterocycles. The molecule has 0 aliphatic carbocycles. The Morgan fingerprint density at radius 3 is 2.47 bits per heavy atom. The number of carbonyl (C=O) groups is 1. The van der Waals surface area contributed by atoms with Crippen LogP contribution in [-0.2, 0) is 0 Å². The van der Waals surface area contributed by atoms with Crippen molar-refractivity contribution in [1.29, 1.82) is 0 Å². The minimum absolute atomic E-state index is 0.101. The molecule has 0 bridgehead atoms. The third-order valence-corrected chi connectivity index (χ3v) is 5.05. The van der Waals surface area contributed by atoms with Crippen molar-refractivity contribution < 1.29 is 9.18 Å².